The van der Waals surface area contributed by atoms with Gasteiger partial charge in [0.25, 0.3) is 5.91 Å². The number of carbonyl (C=O) groups is 1. The summed E-state index contributed by atoms with van der Waals surface area (Å²) in [5.41, 5.74) is 1.98. The van der Waals surface area contributed by atoms with Gasteiger partial charge >= 0.3 is 5.69 Å². The number of hydrogen-bond donors (Lipinski definition) is 1. The van der Waals surface area contributed by atoms with Gasteiger partial charge in [-0.15, -0.1) is 0 Å². The summed E-state index contributed by atoms with van der Waals surface area (Å²) in [7, 11) is 0. The third-order valence-corrected chi connectivity index (χ3v) is 5.65. The third-order valence-electron chi connectivity index (χ3n) is 5.65. The number of rotatable bonds is 4. The van der Waals surface area contributed by atoms with Crippen molar-refractivity contribution in [3.63, 3.8) is 0 Å². The van der Waals surface area contributed by atoms with Crippen LogP contribution in [0.25, 0.3) is 5.65 Å². The average Bonchev–Trinajstić information content (AvgIpc) is 3.29. The van der Waals surface area contributed by atoms with Crippen LogP contribution in [-0.2, 0) is 19.5 Å². The van der Waals surface area contributed by atoms with E-state index < -0.39 is 0 Å². The van der Waals surface area contributed by atoms with E-state index in [4.69, 9.17) is 0 Å². The monoisotopic (exact) mass is 420 g/mol. The molecule has 4 aromatic rings. The first kappa shape index (κ1) is 19.2. The molecule has 31 heavy (non-hydrogen) atoms. The number of nitrogens with zero attached hydrogens (tertiary/aromatic N) is 5. The lowest BCUT2D eigenvalue weighted by molar-refractivity contribution is 0.0932. The van der Waals surface area contributed by atoms with Crippen molar-refractivity contribution in [2.45, 2.75) is 38.4 Å². The zero-order valence-corrected chi connectivity index (χ0v) is 16.7. The highest BCUT2D eigenvalue weighted by molar-refractivity contribution is 5.94. The summed E-state index contributed by atoms with van der Waals surface area (Å²) >= 11 is 0. The van der Waals surface area contributed by atoms with Crippen LogP contribution in [0.15, 0.2) is 59.8 Å². The van der Waals surface area contributed by atoms with Crippen molar-refractivity contribution < 1.29 is 9.18 Å². The average molecular weight is 420 g/mol. The molecule has 0 fully saturated rings. The van der Waals surface area contributed by atoms with E-state index in [9.17, 15) is 14.0 Å². The molecule has 4 heterocycles. The van der Waals surface area contributed by atoms with Crippen LogP contribution in [0.1, 0.15) is 34.6 Å². The Morgan fingerprint density at radius 3 is 2.84 bits per heavy atom. The molecule has 9 heteroatoms. The predicted molar refractivity (Wildman–Crippen MR) is 111 cm³/mol. The smallest absolute Gasteiger partial charge is 0.346 e. The van der Waals surface area contributed by atoms with E-state index >= 15 is 0 Å². The number of pyridine rings is 1. The van der Waals surface area contributed by atoms with Crippen molar-refractivity contribution in [2.75, 3.05) is 0 Å². The molecule has 1 aromatic carbocycles. The molecular weight excluding hydrogens is 399 g/mol. The Morgan fingerprint density at radius 2 is 2.00 bits per heavy atom. The Labute approximate surface area is 177 Å². The number of imidazole rings is 1. The van der Waals surface area contributed by atoms with Crippen LogP contribution in [0.5, 0.6) is 0 Å². The predicted octanol–water partition coefficient (Wildman–Crippen LogP) is 2.01. The minimum Gasteiger partial charge on any atom is -0.349 e. The minimum absolute atomic E-state index is 0.0439. The molecule has 0 aliphatic carbocycles. The van der Waals surface area contributed by atoms with Crippen LogP contribution >= 0.6 is 0 Å². The van der Waals surface area contributed by atoms with Crippen molar-refractivity contribution in [1.29, 1.82) is 0 Å². The highest BCUT2D eigenvalue weighted by Gasteiger charge is 2.22. The molecule has 1 N–H and O–H groups in total. The lowest BCUT2D eigenvalue weighted by atomic mass is 10.1. The molecule has 8 nitrogen and oxygen atoms in total. The normalized spacial score (nSPS) is 16.1. The Kier molecular flexibility index (Phi) is 4.85. The third kappa shape index (κ3) is 3.86. The van der Waals surface area contributed by atoms with Gasteiger partial charge in [-0.1, -0.05) is 12.1 Å². The minimum atomic E-state index is -0.310. The first-order valence-corrected chi connectivity index (χ1v) is 10.2. The van der Waals surface area contributed by atoms with Crippen molar-refractivity contribution in [1.82, 2.24) is 29.0 Å². The number of nitrogens with one attached hydrogen (secondary N) is 1. The van der Waals surface area contributed by atoms with E-state index in [0.29, 0.717) is 43.7 Å². The van der Waals surface area contributed by atoms with Crippen LogP contribution in [0, 0.1) is 5.82 Å². The van der Waals surface area contributed by atoms with Crippen LogP contribution in [0.2, 0.25) is 0 Å². The van der Waals surface area contributed by atoms with Crippen LogP contribution in [-0.4, -0.2) is 35.7 Å². The number of carbonyl (C=O) groups excluding carboxylic acids is 1. The van der Waals surface area contributed by atoms with Gasteiger partial charge in [0.2, 0.25) is 0 Å². The Morgan fingerprint density at radius 1 is 1.16 bits per heavy atom. The van der Waals surface area contributed by atoms with Crippen LogP contribution in [0.3, 0.4) is 0 Å². The molecule has 0 bridgehead atoms. The maximum Gasteiger partial charge on any atom is 0.346 e. The second kappa shape index (κ2) is 7.82. The van der Waals surface area contributed by atoms with Crippen molar-refractivity contribution >= 4 is 11.6 Å². The number of hydrogen-bond acceptors (Lipinski definition) is 4. The van der Waals surface area contributed by atoms with E-state index in [2.05, 4.69) is 15.4 Å². The fraction of sp³-hybridized carbons (Fsp3) is 0.273. The van der Waals surface area contributed by atoms with Crippen LogP contribution < -0.4 is 11.0 Å². The zero-order chi connectivity index (χ0) is 21.4. The van der Waals surface area contributed by atoms with Gasteiger partial charge < -0.3 is 9.72 Å². The molecular formula is C22H21FN6O2. The van der Waals surface area contributed by atoms with Gasteiger partial charge in [-0.2, -0.15) is 5.10 Å². The first-order valence-electron chi connectivity index (χ1n) is 10.2. The van der Waals surface area contributed by atoms with Gasteiger partial charge in [0, 0.05) is 37.6 Å². The van der Waals surface area contributed by atoms with E-state index in [0.717, 1.165) is 11.2 Å². The largest absolute Gasteiger partial charge is 0.349 e. The molecule has 1 atom stereocenters. The molecule has 5 rings (SSSR count). The summed E-state index contributed by atoms with van der Waals surface area (Å²) in [5.74, 6) is 0.257. The molecule has 1 unspecified atom stereocenters. The maximum absolute atomic E-state index is 13.1. The Hall–Kier alpha value is -3.75. The fourth-order valence-corrected chi connectivity index (χ4v) is 3.96. The molecule has 158 valence electrons. The van der Waals surface area contributed by atoms with Gasteiger partial charge in [-0.25, -0.2) is 18.9 Å². The Balaban J connectivity index is 1.26. The van der Waals surface area contributed by atoms with Gasteiger partial charge in [0.05, 0.1) is 12.1 Å². The second-order valence-corrected chi connectivity index (χ2v) is 7.74. The fourth-order valence-electron chi connectivity index (χ4n) is 3.96. The van der Waals surface area contributed by atoms with Crippen molar-refractivity contribution in [3.05, 3.63) is 88.2 Å². The van der Waals surface area contributed by atoms with Crippen molar-refractivity contribution in [2.24, 2.45) is 0 Å². The molecule has 3 aromatic heterocycles. The maximum atomic E-state index is 13.1. The molecule has 1 amide bonds. The number of aryl methyl sites for hydroxylation is 1. The number of fused-ring (bicyclic) bond motifs is 2. The van der Waals surface area contributed by atoms with Crippen LogP contribution in [0.4, 0.5) is 4.39 Å². The number of amides is 1. The summed E-state index contributed by atoms with van der Waals surface area (Å²) in [5, 5.41) is 7.56. The molecule has 0 spiro atoms. The number of aromatic nitrogens is 5. The molecule has 0 saturated carbocycles. The first-order chi connectivity index (χ1) is 15.1. The van der Waals surface area contributed by atoms with Gasteiger partial charge in [0.15, 0.2) is 0 Å². The number of halogens is 1. The van der Waals surface area contributed by atoms with E-state index in [1.165, 1.54) is 16.8 Å². The summed E-state index contributed by atoms with van der Waals surface area (Å²) in [6, 6.07) is 9.57. The lowest BCUT2D eigenvalue weighted by Crippen LogP contribution is -2.36. The van der Waals surface area contributed by atoms with Gasteiger partial charge in [-0.3, -0.25) is 9.36 Å². The second-order valence-electron chi connectivity index (χ2n) is 7.74. The van der Waals surface area contributed by atoms with Gasteiger partial charge in [0.1, 0.15) is 17.3 Å². The number of benzene rings is 1. The highest BCUT2D eigenvalue weighted by Crippen LogP contribution is 2.14. The SMILES string of the molecule is O=C(NC1CCc2nn(Cc3ccc(F)cc3)c(=O)n2CC1)c1ccc2nccn2c1. The van der Waals surface area contributed by atoms with Gasteiger partial charge in [-0.05, 0) is 42.7 Å². The highest BCUT2D eigenvalue weighted by atomic mass is 19.1. The zero-order valence-electron chi connectivity index (χ0n) is 16.7. The van der Waals surface area contributed by atoms with E-state index in [-0.39, 0.29) is 23.5 Å². The summed E-state index contributed by atoms with van der Waals surface area (Å²) in [6.45, 7) is 0.791. The quantitative estimate of drug-likeness (QED) is 0.547. The molecule has 1 aliphatic heterocycles. The standard InChI is InChI=1S/C22H21FN6O2/c23-17-4-1-15(2-5-17)13-29-22(31)28-11-9-18(6-8-20(28)26-29)25-21(30)16-3-7-19-24-10-12-27(19)14-16/h1-5,7,10,12,14,18H,6,8-9,11,13H2,(H,25,30). The topological polar surface area (TPSA) is 86.2 Å². The summed E-state index contributed by atoms with van der Waals surface area (Å²) < 4.78 is 18.0. The molecule has 1 aliphatic rings. The molecule has 0 saturated heterocycles. The van der Waals surface area contributed by atoms with Crippen molar-refractivity contribution in [3.8, 4) is 0 Å². The lowest BCUT2D eigenvalue weighted by Gasteiger charge is -2.16. The Bertz CT molecular complexity index is 1300. The summed E-state index contributed by atoms with van der Waals surface area (Å²) in [4.78, 5) is 29.7. The van der Waals surface area contributed by atoms with E-state index in [1.807, 2.05) is 0 Å². The van der Waals surface area contributed by atoms with E-state index in [1.54, 1.807) is 51.8 Å². The summed E-state index contributed by atoms with van der Waals surface area (Å²) in [6.07, 6.45) is 7.19. The molecule has 0 radical (unpaired) electrons.